The van der Waals surface area contributed by atoms with Crippen molar-refractivity contribution in [3.63, 3.8) is 0 Å². The second kappa shape index (κ2) is 16.6. The number of phenols is 1. The van der Waals surface area contributed by atoms with Crippen molar-refractivity contribution >= 4 is 28.7 Å². The third-order valence-corrected chi connectivity index (χ3v) is 16.7. The molecule has 0 bridgehead atoms. The zero-order valence-corrected chi connectivity index (χ0v) is 40.6. The Morgan fingerprint density at radius 3 is 1.73 bits per heavy atom. The van der Waals surface area contributed by atoms with Crippen LogP contribution in [0.2, 0.25) is 17.3 Å². The maximum absolute atomic E-state index is 12.4. The van der Waals surface area contributed by atoms with Crippen molar-refractivity contribution in [1.82, 2.24) is 14.5 Å². The van der Waals surface area contributed by atoms with Crippen molar-refractivity contribution in [3.05, 3.63) is 187 Å². The summed E-state index contributed by atoms with van der Waals surface area (Å²) in [6.07, 6.45) is 1.93. The van der Waals surface area contributed by atoms with Crippen molar-refractivity contribution in [1.29, 1.82) is 0 Å². The van der Waals surface area contributed by atoms with Crippen LogP contribution in [-0.4, -0.2) is 32.9 Å². The monoisotopic (exact) mass is 897 g/mol. The van der Waals surface area contributed by atoms with Crippen LogP contribution < -0.4 is 4.40 Å². The topological polar surface area (TPSA) is 50.9 Å². The molecule has 5 heteroatoms. The number of fused-ring (bicyclic) bond motifs is 1. The summed E-state index contributed by atoms with van der Waals surface area (Å²) in [4.78, 5) is 10.7. The van der Waals surface area contributed by atoms with Gasteiger partial charge in [0, 0.05) is 0 Å². The van der Waals surface area contributed by atoms with Gasteiger partial charge in [-0.05, 0) is 0 Å². The summed E-state index contributed by atoms with van der Waals surface area (Å²) < 4.78 is 3.67. The first-order valence-corrected chi connectivity index (χ1v) is 29.7. The number of phenolic OH excluding ortho intramolecular Hbond substituents is 1. The molecule has 0 aliphatic rings. The molecule has 0 fully saturated rings. The molecule has 318 valence electrons. The van der Waals surface area contributed by atoms with Gasteiger partial charge in [-0.3, -0.25) is 0 Å². The van der Waals surface area contributed by atoms with Gasteiger partial charge in [-0.25, -0.2) is 0 Å². The molecule has 1 N–H and O–H groups in total. The van der Waals surface area contributed by atoms with Gasteiger partial charge in [0.15, 0.2) is 0 Å². The molecule has 0 aliphatic heterocycles. The van der Waals surface area contributed by atoms with E-state index in [4.69, 9.17) is 9.97 Å². The Kier molecular flexibility index (Phi) is 11.1. The van der Waals surface area contributed by atoms with Gasteiger partial charge in [0.2, 0.25) is 0 Å². The molecule has 2 heterocycles. The summed E-state index contributed by atoms with van der Waals surface area (Å²) in [5.41, 5.74) is 16.2. The Balaban J connectivity index is 1.27. The first-order valence-electron chi connectivity index (χ1n) is 22.4. The summed E-state index contributed by atoms with van der Waals surface area (Å²) in [5, 5.41) is 12.4. The van der Waals surface area contributed by atoms with E-state index >= 15 is 0 Å². The van der Waals surface area contributed by atoms with E-state index in [0.717, 1.165) is 78.0 Å². The average molecular weight is 897 g/mol. The van der Waals surface area contributed by atoms with Crippen LogP contribution in [0.15, 0.2) is 176 Å². The van der Waals surface area contributed by atoms with E-state index in [1.807, 2.05) is 6.20 Å². The van der Waals surface area contributed by atoms with E-state index in [0.29, 0.717) is 5.82 Å². The van der Waals surface area contributed by atoms with E-state index < -0.39 is 13.3 Å². The summed E-state index contributed by atoms with van der Waals surface area (Å²) in [6.45, 7) is 13.2. The average Bonchev–Trinajstić information content (AvgIpc) is 3.68. The minimum atomic E-state index is -2.44. The summed E-state index contributed by atoms with van der Waals surface area (Å²) in [6, 6.07) is 60.7. The van der Waals surface area contributed by atoms with Crippen LogP contribution in [0.25, 0.3) is 83.9 Å². The van der Waals surface area contributed by atoms with E-state index in [9.17, 15) is 5.11 Å². The zero-order chi connectivity index (χ0) is 45.0. The summed E-state index contributed by atoms with van der Waals surface area (Å²) in [7, 11) is 0. The van der Waals surface area contributed by atoms with Gasteiger partial charge in [0.25, 0.3) is 0 Å². The first-order chi connectivity index (χ1) is 30.5. The fourth-order valence-corrected chi connectivity index (χ4v) is 11.2. The molecule has 7 aromatic carbocycles. The van der Waals surface area contributed by atoms with Crippen molar-refractivity contribution in [2.45, 2.75) is 69.6 Å². The number of para-hydroxylation sites is 2. The molecular weight excluding hydrogens is 839 g/mol. The zero-order valence-electron chi connectivity index (χ0n) is 38.5. The van der Waals surface area contributed by atoms with Crippen molar-refractivity contribution < 1.29 is 5.11 Å². The molecule has 0 saturated heterocycles. The van der Waals surface area contributed by atoms with E-state index in [1.54, 1.807) is 0 Å². The Hall–Kier alpha value is -6.50. The van der Waals surface area contributed by atoms with Crippen molar-refractivity contribution in [2.24, 2.45) is 0 Å². The fourth-order valence-electron chi connectivity index (χ4n) is 8.71. The Labute approximate surface area is 381 Å². The maximum atomic E-state index is 12.4. The van der Waals surface area contributed by atoms with Crippen molar-refractivity contribution in [3.8, 4) is 78.6 Å². The first kappa shape index (κ1) is 42.8. The van der Waals surface area contributed by atoms with Gasteiger partial charge in [0.1, 0.15) is 0 Å². The van der Waals surface area contributed by atoms with Crippen LogP contribution in [0, 0.1) is 0 Å². The molecule has 9 rings (SSSR count). The second-order valence-corrected chi connectivity index (χ2v) is 30.8. The Morgan fingerprint density at radius 1 is 0.484 bits per heavy atom. The molecule has 0 spiro atoms. The quantitative estimate of drug-likeness (QED) is 0.155. The molecule has 64 heavy (non-hydrogen) atoms. The summed E-state index contributed by atoms with van der Waals surface area (Å²) in [5.74, 6) is 8.32. The molecule has 0 amide bonds. The van der Waals surface area contributed by atoms with Gasteiger partial charge in [-0.1, -0.05) is 24.3 Å². The Morgan fingerprint density at radius 2 is 1.08 bits per heavy atom. The standard InChI is InChI=1S/C59H57GeN3O/c1-58(2,3)46-37-50(56(64)51(38-46)59(4,5)6)57-62-55-49(24-18-26-54(55)63(57)53-25-17-16-23-48(53)42-21-14-11-15-22-42)44-33-45(35-47(34-44)60(7,8)9)52-36-43(31-32-61-52)41-29-27-40(28-30-41)39-19-12-10-13-20-39/h10-38,64H,1-9H3. The number of hydrogen-bond donors (Lipinski definition) is 1. The van der Waals surface area contributed by atoms with Crippen LogP contribution in [0.5, 0.6) is 5.75 Å². The summed E-state index contributed by atoms with van der Waals surface area (Å²) >= 11 is -2.44. The van der Waals surface area contributed by atoms with Gasteiger partial charge in [-0.2, -0.15) is 0 Å². The number of imidazole rings is 1. The molecule has 4 nitrogen and oxygen atoms in total. The van der Waals surface area contributed by atoms with Gasteiger partial charge >= 0.3 is 359 Å². The number of benzene rings is 7. The predicted molar refractivity (Wildman–Crippen MR) is 274 cm³/mol. The number of aromatic hydroxyl groups is 1. The third kappa shape index (κ3) is 8.35. The van der Waals surface area contributed by atoms with E-state index in [2.05, 4.69) is 233 Å². The van der Waals surface area contributed by atoms with Crippen LogP contribution >= 0.6 is 0 Å². The number of aromatic nitrogens is 3. The molecular formula is C59H57GeN3O. The number of hydrogen-bond acceptors (Lipinski definition) is 3. The molecule has 0 radical (unpaired) electrons. The van der Waals surface area contributed by atoms with Crippen LogP contribution in [0.4, 0.5) is 0 Å². The normalized spacial score (nSPS) is 12.2. The molecule has 0 saturated carbocycles. The van der Waals surface area contributed by atoms with Crippen LogP contribution in [0.1, 0.15) is 52.7 Å². The fraction of sp³-hybridized carbons (Fsp3) is 0.186. The molecule has 0 unspecified atom stereocenters. The van der Waals surface area contributed by atoms with E-state index in [1.165, 1.54) is 15.5 Å². The number of nitrogens with zero attached hydrogens (tertiary/aromatic N) is 3. The molecule has 2 aromatic heterocycles. The van der Waals surface area contributed by atoms with Gasteiger partial charge in [0.05, 0.1) is 0 Å². The second-order valence-electron chi connectivity index (χ2n) is 20.2. The predicted octanol–water partition coefficient (Wildman–Crippen LogP) is 15.3. The Bertz CT molecular complexity index is 3150. The van der Waals surface area contributed by atoms with Crippen LogP contribution in [-0.2, 0) is 10.8 Å². The molecule has 9 aromatic rings. The number of rotatable bonds is 8. The molecule has 0 atom stereocenters. The number of pyridine rings is 1. The van der Waals surface area contributed by atoms with Crippen LogP contribution in [0.3, 0.4) is 0 Å². The van der Waals surface area contributed by atoms with Crippen molar-refractivity contribution in [2.75, 3.05) is 0 Å². The van der Waals surface area contributed by atoms with E-state index in [-0.39, 0.29) is 16.6 Å². The molecule has 0 aliphatic carbocycles. The third-order valence-electron chi connectivity index (χ3n) is 12.4. The SMILES string of the molecule is CC(C)(C)c1cc(-c2nc3c(-c4cc(-c5cc(-c6ccc(-c7ccccc7)cc6)ccn5)c[c]([Ge]([CH3])([CH3])[CH3])c4)cccc3n2-c2ccccc2-c2ccccc2)c(O)c(C(C)(C)C)c1. The van der Waals surface area contributed by atoms with Gasteiger partial charge < -0.3 is 0 Å². The minimum absolute atomic E-state index is 0.168. The van der Waals surface area contributed by atoms with Gasteiger partial charge in [-0.15, -0.1) is 0 Å².